The van der Waals surface area contributed by atoms with E-state index in [1.54, 1.807) is 30.2 Å². The van der Waals surface area contributed by atoms with Crippen LogP contribution in [0.15, 0.2) is 22.7 Å². The molecule has 0 unspecified atom stereocenters. The number of nitrogens with zero attached hydrogens (tertiary/aromatic N) is 1. The third-order valence-corrected chi connectivity index (χ3v) is 4.73. The predicted molar refractivity (Wildman–Crippen MR) is 99.0 cm³/mol. The molecule has 1 N–H and O–H groups in total. The minimum atomic E-state index is -0.514. The van der Waals surface area contributed by atoms with Gasteiger partial charge < -0.3 is 19.7 Å². The molecule has 1 aromatic rings. The smallest absolute Gasteiger partial charge is 0.407 e. The summed E-state index contributed by atoms with van der Waals surface area (Å²) in [5.74, 6) is 0.592. The number of likely N-dealkylation sites (tertiary alicyclic amines) is 1. The van der Waals surface area contributed by atoms with Crippen LogP contribution < -0.4 is 10.1 Å². The van der Waals surface area contributed by atoms with Gasteiger partial charge in [0.1, 0.15) is 11.4 Å². The normalized spacial score (nSPS) is 15.6. The molecule has 1 fully saturated rings. The molecule has 0 spiro atoms. The highest BCUT2D eigenvalue weighted by atomic mass is 79.9. The second kappa shape index (κ2) is 8.08. The van der Waals surface area contributed by atoms with Crippen molar-refractivity contribution in [2.24, 2.45) is 0 Å². The van der Waals surface area contributed by atoms with Gasteiger partial charge in [0.05, 0.1) is 17.1 Å². The molecule has 0 aliphatic carbocycles. The van der Waals surface area contributed by atoms with Gasteiger partial charge in [-0.1, -0.05) is 6.07 Å². The van der Waals surface area contributed by atoms with E-state index in [4.69, 9.17) is 9.47 Å². The van der Waals surface area contributed by atoms with Gasteiger partial charge >= 0.3 is 6.09 Å². The second-order valence-corrected chi connectivity index (χ2v) is 7.83. The van der Waals surface area contributed by atoms with Gasteiger partial charge in [-0.2, -0.15) is 0 Å². The Hall–Kier alpha value is -1.76. The van der Waals surface area contributed by atoms with Crippen LogP contribution in [-0.2, 0) is 4.74 Å². The Morgan fingerprint density at radius 1 is 1.24 bits per heavy atom. The van der Waals surface area contributed by atoms with E-state index in [1.807, 2.05) is 20.8 Å². The van der Waals surface area contributed by atoms with Crippen LogP contribution in [0.3, 0.4) is 0 Å². The van der Waals surface area contributed by atoms with E-state index in [2.05, 4.69) is 21.2 Å². The first kappa shape index (κ1) is 19.6. The number of hydrogen-bond donors (Lipinski definition) is 1. The molecule has 25 heavy (non-hydrogen) atoms. The van der Waals surface area contributed by atoms with Crippen LogP contribution in [0, 0.1) is 0 Å². The van der Waals surface area contributed by atoms with Crippen molar-refractivity contribution in [1.82, 2.24) is 10.2 Å². The minimum Gasteiger partial charge on any atom is -0.496 e. The highest BCUT2D eigenvalue weighted by Crippen LogP contribution is 2.29. The SMILES string of the molecule is COc1cccc(C(=O)N2CCC(NC(=O)OC(C)(C)C)CC2)c1Br. The fraction of sp³-hybridized carbons (Fsp3) is 0.556. The third-order valence-electron chi connectivity index (χ3n) is 3.92. The van der Waals surface area contributed by atoms with Crippen molar-refractivity contribution < 1.29 is 19.1 Å². The number of methoxy groups -OCH3 is 1. The van der Waals surface area contributed by atoms with E-state index >= 15 is 0 Å². The molecular weight excluding hydrogens is 388 g/mol. The molecule has 1 saturated heterocycles. The van der Waals surface area contributed by atoms with Gasteiger partial charge in [0.2, 0.25) is 0 Å². The molecular formula is C18H25BrN2O4. The Kier molecular flexibility index (Phi) is 6.32. The van der Waals surface area contributed by atoms with Gasteiger partial charge in [-0.15, -0.1) is 0 Å². The molecule has 1 aliphatic heterocycles. The van der Waals surface area contributed by atoms with Gasteiger partial charge in [0.25, 0.3) is 5.91 Å². The molecule has 1 heterocycles. The molecule has 6 nitrogen and oxygen atoms in total. The summed E-state index contributed by atoms with van der Waals surface area (Å²) in [6.07, 6.45) is 0.992. The summed E-state index contributed by atoms with van der Waals surface area (Å²) >= 11 is 3.44. The topological polar surface area (TPSA) is 67.9 Å². The number of rotatable bonds is 3. The molecule has 1 aliphatic rings. The van der Waals surface area contributed by atoms with Gasteiger partial charge in [-0.25, -0.2) is 4.79 Å². The van der Waals surface area contributed by atoms with Gasteiger partial charge in [-0.05, 0) is 61.7 Å². The molecule has 7 heteroatoms. The quantitative estimate of drug-likeness (QED) is 0.823. The largest absolute Gasteiger partial charge is 0.496 e. The maximum atomic E-state index is 12.7. The lowest BCUT2D eigenvalue weighted by atomic mass is 10.0. The molecule has 0 radical (unpaired) electrons. The standard InChI is InChI=1S/C18H25BrN2O4/c1-18(2,3)25-17(23)20-12-8-10-21(11-9-12)16(22)13-6-5-7-14(24-4)15(13)19/h5-7,12H,8-11H2,1-4H3,(H,20,23). The van der Waals surface area contributed by atoms with Crippen LogP contribution in [0.5, 0.6) is 5.75 Å². The first-order chi connectivity index (χ1) is 11.7. The summed E-state index contributed by atoms with van der Waals surface area (Å²) in [7, 11) is 1.57. The Morgan fingerprint density at radius 3 is 2.44 bits per heavy atom. The lowest BCUT2D eigenvalue weighted by molar-refractivity contribution is 0.0473. The zero-order chi connectivity index (χ0) is 18.6. The Balaban J connectivity index is 1.92. The first-order valence-electron chi connectivity index (χ1n) is 8.32. The molecule has 0 bridgehead atoms. The number of piperidine rings is 1. The number of carbonyl (C=O) groups is 2. The van der Waals surface area contributed by atoms with Crippen LogP contribution in [-0.4, -0.2) is 48.7 Å². The summed E-state index contributed by atoms with van der Waals surface area (Å²) in [5, 5.41) is 2.88. The van der Waals surface area contributed by atoms with Gasteiger partial charge in [0, 0.05) is 19.1 Å². The molecule has 0 aromatic heterocycles. The molecule has 1 aromatic carbocycles. The zero-order valence-electron chi connectivity index (χ0n) is 15.1. The number of carbonyl (C=O) groups excluding carboxylic acids is 2. The Bertz CT molecular complexity index is 634. The maximum Gasteiger partial charge on any atom is 0.407 e. The lowest BCUT2D eigenvalue weighted by Crippen LogP contribution is -2.47. The number of alkyl carbamates (subject to hydrolysis) is 1. The van der Waals surface area contributed by atoms with Gasteiger partial charge in [-0.3, -0.25) is 4.79 Å². The average Bonchev–Trinajstić information content (AvgIpc) is 2.53. The number of nitrogens with one attached hydrogen (secondary N) is 1. The molecule has 0 atom stereocenters. The van der Waals surface area contributed by atoms with Crippen molar-refractivity contribution in [3.05, 3.63) is 28.2 Å². The molecule has 138 valence electrons. The van der Waals surface area contributed by atoms with Crippen molar-refractivity contribution in [2.45, 2.75) is 45.3 Å². The van der Waals surface area contributed by atoms with E-state index < -0.39 is 11.7 Å². The van der Waals surface area contributed by atoms with Crippen molar-refractivity contribution in [1.29, 1.82) is 0 Å². The summed E-state index contributed by atoms with van der Waals surface area (Å²) < 4.78 is 11.2. The van der Waals surface area contributed by atoms with Crippen molar-refractivity contribution in [3.63, 3.8) is 0 Å². The number of hydrogen-bond acceptors (Lipinski definition) is 4. The average molecular weight is 413 g/mol. The van der Waals surface area contributed by atoms with Crippen LogP contribution in [0.2, 0.25) is 0 Å². The molecule has 2 rings (SSSR count). The second-order valence-electron chi connectivity index (χ2n) is 7.03. The van der Waals surface area contributed by atoms with E-state index in [0.29, 0.717) is 41.7 Å². The number of ether oxygens (including phenoxy) is 2. The monoisotopic (exact) mass is 412 g/mol. The lowest BCUT2D eigenvalue weighted by Gasteiger charge is -2.33. The number of benzene rings is 1. The Labute approximate surface area is 157 Å². The third kappa shape index (κ3) is 5.36. The summed E-state index contributed by atoms with van der Waals surface area (Å²) in [6.45, 7) is 6.67. The summed E-state index contributed by atoms with van der Waals surface area (Å²) in [5.41, 5.74) is 0.0669. The Morgan fingerprint density at radius 2 is 1.88 bits per heavy atom. The van der Waals surface area contributed by atoms with Crippen LogP contribution in [0.25, 0.3) is 0 Å². The summed E-state index contributed by atoms with van der Waals surface area (Å²) in [4.78, 5) is 26.4. The van der Waals surface area contributed by atoms with Crippen LogP contribution >= 0.6 is 15.9 Å². The fourth-order valence-electron chi connectivity index (χ4n) is 2.71. The minimum absolute atomic E-state index is 0.0210. The van der Waals surface area contributed by atoms with E-state index in [0.717, 1.165) is 0 Å². The first-order valence-corrected chi connectivity index (χ1v) is 9.12. The highest BCUT2D eigenvalue weighted by molar-refractivity contribution is 9.10. The van der Waals surface area contributed by atoms with Gasteiger partial charge in [0.15, 0.2) is 0 Å². The van der Waals surface area contributed by atoms with Crippen LogP contribution in [0.4, 0.5) is 4.79 Å². The van der Waals surface area contributed by atoms with Crippen molar-refractivity contribution in [2.75, 3.05) is 20.2 Å². The van der Waals surface area contributed by atoms with Crippen LogP contribution in [0.1, 0.15) is 44.0 Å². The highest BCUT2D eigenvalue weighted by Gasteiger charge is 2.27. The molecule has 2 amide bonds. The van der Waals surface area contributed by atoms with E-state index in [-0.39, 0.29) is 11.9 Å². The predicted octanol–water partition coefficient (Wildman–Crippen LogP) is 3.59. The van der Waals surface area contributed by atoms with E-state index in [9.17, 15) is 9.59 Å². The van der Waals surface area contributed by atoms with Crippen molar-refractivity contribution >= 4 is 27.9 Å². The maximum absolute atomic E-state index is 12.7. The fourth-order valence-corrected chi connectivity index (χ4v) is 3.30. The number of halogens is 1. The van der Waals surface area contributed by atoms with E-state index in [1.165, 1.54) is 0 Å². The molecule has 0 saturated carbocycles. The zero-order valence-corrected chi connectivity index (χ0v) is 16.7. The number of amides is 2. The van der Waals surface area contributed by atoms with Crippen molar-refractivity contribution in [3.8, 4) is 5.75 Å². The summed E-state index contributed by atoms with van der Waals surface area (Å²) in [6, 6.07) is 5.40.